The fourth-order valence-electron chi connectivity index (χ4n) is 4.03. The molecular formula is C24H28ClN3O. The standard InChI is InChI=1S/C24H27N3O.ClH/c28-24-23(22-9-5-2-6-10-22)11-15-25-27(24)18-14-20-12-16-26(17-13-20)19-21-7-3-1-4-8-21;/h1-11,15,20H,12-14,16-19H2;1H. The first kappa shape index (κ1) is 21.3. The van der Waals surface area contributed by atoms with Gasteiger partial charge >= 0.3 is 0 Å². The predicted molar refractivity (Wildman–Crippen MR) is 120 cm³/mol. The molecule has 0 amide bonds. The summed E-state index contributed by atoms with van der Waals surface area (Å²) in [5, 5.41) is 4.31. The van der Waals surface area contributed by atoms with Gasteiger partial charge in [-0.25, -0.2) is 4.68 Å². The molecule has 1 saturated heterocycles. The highest BCUT2D eigenvalue weighted by Gasteiger charge is 2.19. The van der Waals surface area contributed by atoms with E-state index in [2.05, 4.69) is 40.3 Å². The van der Waals surface area contributed by atoms with Crippen LogP contribution in [0.15, 0.2) is 77.7 Å². The molecule has 1 aliphatic heterocycles. The quantitative estimate of drug-likeness (QED) is 0.595. The molecule has 1 aliphatic rings. The lowest BCUT2D eigenvalue weighted by atomic mass is 9.93. The molecule has 2 aromatic carbocycles. The van der Waals surface area contributed by atoms with E-state index in [-0.39, 0.29) is 18.0 Å². The summed E-state index contributed by atoms with van der Waals surface area (Å²) in [6.45, 7) is 3.99. The highest BCUT2D eigenvalue weighted by atomic mass is 35.5. The maximum atomic E-state index is 12.8. The molecular weight excluding hydrogens is 382 g/mol. The van der Waals surface area contributed by atoms with Gasteiger partial charge in [-0.1, -0.05) is 60.7 Å². The summed E-state index contributed by atoms with van der Waals surface area (Å²) in [6, 6.07) is 22.3. The zero-order valence-corrected chi connectivity index (χ0v) is 17.4. The summed E-state index contributed by atoms with van der Waals surface area (Å²) in [4.78, 5) is 15.3. The topological polar surface area (TPSA) is 38.1 Å². The van der Waals surface area contributed by atoms with Crippen LogP contribution in [0.1, 0.15) is 24.8 Å². The average molecular weight is 410 g/mol. The van der Waals surface area contributed by atoms with Crippen LogP contribution in [0.3, 0.4) is 0 Å². The Kier molecular flexibility index (Phi) is 7.62. The lowest BCUT2D eigenvalue weighted by molar-refractivity contribution is 0.168. The highest BCUT2D eigenvalue weighted by Crippen LogP contribution is 2.22. The largest absolute Gasteiger partial charge is 0.299 e. The molecule has 4 rings (SSSR count). The first-order valence-corrected chi connectivity index (χ1v) is 10.2. The Morgan fingerprint density at radius 1 is 0.897 bits per heavy atom. The normalized spacial score (nSPS) is 15.0. The Hall–Kier alpha value is -2.43. The van der Waals surface area contributed by atoms with Crippen LogP contribution in [0.25, 0.3) is 11.1 Å². The second-order valence-electron chi connectivity index (χ2n) is 7.63. The Balaban J connectivity index is 0.00000240. The molecule has 0 N–H and O–H groups in total. The molecule has 152 valence electrons. The number of aromatic nitrogens is 2. The van der Waals surface area contributed by atoms with Crippen molar-refractivity contribution < 1.29 is 0 Å². The minimum Gasteiger partial charge on any atom is -0.299 e. The lowest BCUT2D eigenvalue weighted by Crippen LogP contribution is -2.34. The fourth-order valence-corrected chi connectivity index (χ4v) is 4.03. The minimum absolute atomic E-state index is 0. The van der Waals surface area contributed by atoms with Crippen LogP contribution in [0.4, 0.5) is 0 Å². The third kappa shape index (κ3) is 5.55. The highest BCUT2D eigenvalue weighted by molar-refractivity contribution is 5.85. The van der Waals surface area contributed by atoms with E-state index < -0.39 is 0 Å². The molecule has 0 radical (unpaired) electrons. The van der Waals surface area contributed by atoms with Gasteiger partial charge in [0.25, 0.3) is 5.56 Å². The van der Waals surface area contributed by atoms with Crippen molar-refractivity contribution >= 4 is 12.4 Å². The van der Waals surface area contributed by atoms with E-state index in [1.54, 1.807) is 10.9 Å². The van der Waals surface area contributed by atoms with Gasteiger partial charge < -0.3 is 0 Å². The van der Waals surface area contributed by atoms with Gasteiger partial charge in [-0.3, -0.25) is 9.69 Å². The molecule has 0 atom stereocenters. The minimum atomic E-state index is 0. The summed E-state index contributed by atoms with van der Waals surface area (Å²) in [5.74, 6) is 0.668. The van der Waals surface area contributed by atoms with E-state index >= 15 is 0 Å². The molecule has 1 fully saturated rings. The Morgan fingerprint density at radius 3 is 2.24 bits per heavy atom. The monoisotopic (exact) mass is 409 g/mol. The zero-order valence-electron chi connectivity index (χ0n) is 16.6. The summed E-state index contributed by atoms with van der Waals surface area (Å²) >= 11 is 0. The number of hydrogen-bond donors (Lipinski definition) is 0. The Labute approximate surface area is 178 Å². The van der Waals surface area contributed by atoms with Gasteiger partial charge in [0.2, 0.25) is 0 Å². The molecule has 4 nitrogen and oxygen atoms in total. The number of aryl methyl sites for hydroxylation is 1. The van der Waals surface area contributed by atoms with Gasteiger partial charge in [-0.05, 0) is 55.5 Å². The average Bonchev–Trinajstić information content (AvgIpc) is 2.75. The van der Waals surface area contributed by atoms with Crippen LogP contribution >= 0.6 is 12.4 Å². The van der Waals surface area contributed by atoms with Gasteiger partial charge in [0.15, 0.2) is 0 Å². The molecule has 0 saturated carbocycles. The van der Waals surface area contributed by atoms with Crippen molar-refractivity contribution in [2.45, 2.75) is 32.4 Å². The second-order valence-corrected chi connectivity index (χ2v) is 7.63. The smallest absolute Gasteiger partial charge is 0.274 e. The Bertz CT molecular complexity index is 935. The van der Waals surface area contributed by atoms with E-state index in [0.717, 1.165) is 37.2 Å². The molecule has 0 aliphatic carbocycles. The third-order valence-electron chi connectivity index (χ3n) is 5.70. The van der Waals surface area contributed by atoms with Crippen molar-refractivity contribution in [3.63, 3.8) is 0 Å². The van der Waals surface area contributed by atoms with Crippen LogP contribution in [0, 0.1) is 5.92 Å². The molecule has 5 heteroatoms. The van der Waals surface area contributed by atoms with Crippen LogP contribution in [0.2, 0.25) is 0 Å². The second kappa shape index (κ2) is 10.4. The van der Waals surface area contributed by atoms with Crippen molar-refractivity contribution in [2.24, 2.45) is 5.92 Å². The van der Waals surface area contributed by atoms with Gasteiger partial charge in [-0.15, -0.1) is 12.4 Å². The van der Waals surface area contributed by atoms with Gasteiger partial charge in [-0.2, -0.15) is 5.10 Å². The number of nitrogens with zero attached hydrogens (tertiary/aromatic N) is 3. The number of likely N-dealkylation sites (tertiary alicyclic amines) is 1. The maximum Gasteiger partial charge on any atom is 0.274 e. The summed E-state index contributed by atoms with van der Waals surface area (Å²) in [6.07, 6.45) is 5.15. The summed E-state index contributed by atoms with van der Waals surface area (Å²) in [7, 11) is 0. The van der Waals surface area contributed by atoms with Crippen LogP contribution in [-0.4, -0.2) is 27.8 Å². The molecule has 0 bridgehead atoms. The van der Waals surface area contributed by atoms with E-state index in [1.165, 1.54) is 18.4 Å². The zero-order chi connectivity index (χ0) is 19.2. The summed E-state index contributed by atoms with van der Waals surface area (Å²) < 4.78 is 1.64. The molecule has 29 heavy (non-hydrogen) atoms. The van der Waals surface area contributed by atoms with E-state index in [0.29, 0.717) is 12.5 Å². The number of benzene rings is 2. The maximum absolute atomic E-state index is 12.8. The molecule has 2 heterocycles. The first-order chi connectivity index (χ1) is 13.8. The van der Waals surface area contributed by atoms with Crippen molar-refractivity contribution in [3.8, 4) is 11.1 Å². The van der Waals surface area contributed by atoms with Crippen LogP contribution in [-0.2, 0) is 13.1 Å². The predicted octanol–water partition coefficient (Wildman–Crippen LogP) is 4.63. The van der Waals surface area contributed by atoms with Gasteiger partial charge in [0.05, 0.1) is 5.56 Å². The van der Waals surface area contributed by atoms with Gasteiger partial charge in [0, 0.05) is 19.3 Å². The van der Waals surface area contributed by atoms with Crippen molar-refractivity contribution in [3.05, 3.63) is 88.8 Å². The number of halogens is 1. The van der Waals surface area contributed by atoms with Crippen molar-refractivity contribution in [1.82, 2.24) is 14.7 Å². The van der Waals surface area contributed by atoms with Crippen LogP contribution < -0.4 is 5.56 Å². The molecule has 0 unspecified atom stereocenters. The molecule has 0 spiro atoms. The number of hydrogen-bond acceptors (Lipinski definition) is 3. The van der Waals surface area contributed by atoms with E-state index in [9.17, 15) is 4.79 Å². The lowest BCUT2D eigenvalue weighted by Gasteiger charge is -2.32. The van der Waals surface area contributed by atoms with Crippen molar-refractivity contribution in [2.75, 3.05) is 13.1 Å². The Morgan fingerprint density at radius 2 is 1.55 bits per heavy atom. The fraction of sp³-hybridized carbons (Fsp3) is 0.333. The summed E-state index contributed by atoms with van der Waals surface area (Å²) in [5.41, 5.74) is 3.08. The van der Waals surface area contributed by atoms with Crippen LogP contribution in [0.5, 0.6) is 0 Å². The van der Waals surface area contributed by atoms with Crippen molar-refractivity contribution in [1.29, 1.82) is 0 Å². The first-order valence-electron chi connectivity index (χ1n) is 10.2. The number of rotatable bonds is 6. The van der Waals surface area contributed by atoms with Gasteiger partial charge in [0.1, 0.15) is 0 Å². The van der Waals surface area contributed by atoms with E-state index in [1.807, 2.05) is 36.4 Å². The molecule has 3 aromatic rings. The number of piperidine rings is 1. The SMILES string of the molecule is Cl.O=c1c(-c2ccccc2)ccnn1CCC1CCN(Cc2ccccc2)CC1. The van der Waals surface area contributed by atoms with E-state index in [4.69, 9.17) is 0 Å². The third-order valence-corrected chi connectivity index (χ3v) is 5.70. The molecule has 1 aromatic heterocycles.